The molecule has 16 heavy (non-hydrogen) atoms. The molecule has 1 atom stereocenters. The van der Waals surface area contributed by atoms with Gasteiger partial charge in [0.1, 0.15) is 11.0 Å². The number of benzene rings is 1. The molecule has 1 N–H and O–H groups in total. The molecule has 86 valence electrons. The quantitative estimate of drug-likeness (QED) is 0.870. The number of fused-ring (bicyclic) bond motifs is 1. The van der Waals surface area contributed by atoms with Gasteiger partial charge in [0, 0.05) is 23.2 Å². The lowest BCUT2D eigenvalue weighted by molar-refractivity contribution is 0.678. The zero-order chi connectivity index (χ0) is 12.0. The molecule has 0 saturated heterocycles. The van der Waals surface area contributed by atoms with E-state index in [-0.39, 0.29) is 0 Å². The molecule has 0 aliphatic rings. The summed E-state index contributed by atoms with van der Waals surface area (Å²) < 4.78 is 14.3. The predicted octanol–water partition coefficient (Wildman–Crippen LogP) is 2.50. The van der Waals surface area contributed by atoms with E-state index in [9.17, 15) is 4.21 Å². The number of rotatable bonds is 2. The Labute approximate surface area is 98.5 Å². The van der Waals surface area contributed by atoms with E-state index < -0.39 is 11.0 Å². The maximum atomic E-state index is 11.6. The molecule has 2 aromatic rings. The molecule has 1 aromatic heterocycles. The number of nitrogens with one attached hydrogen (secondary N) is 1. The van der Waals surface area contributed by atoms with Gasteiger partial charge in [-0.15, -0.1) is 0 Å². The third-order valence-corrected chi connectivity index (χ3v) is 3.15. The van der Waals surface area contributed by atoms with E-state index >= 15 is 0 Å². The molecule has 0 spiro atoms. The zero-order valence-electron chi connectivity index (χ0n) is 9.73. The Kier molecular flexibility index (Phi) is 5.08. The van der Waals surface area contributed by atoms with Crippen LogP contribution in [0.25, 0.3) is 10.8 Å². The van der Waals surface area contributed by atoms with E-state index in [0.29, 0.717) is 0 Å². The van der Waals surface area contributed by atoms with E-state index in [1.165, 1.54) is 0 Å². The molecular weight excluding hydrogens is 220 g/mol. The second-order valence-corrected chi connectivity index (χ2v) is 4.21. The lowest BCUT2D eigenvalue weighted by atomic mass is 10.2. The fraction of sp³-hybridized carbons (Fsp3) is 0.250. The van der Waals surface area contributed by atoms with Gasteiger partial charge in [-0.1, -0.05) is 26.0 Å². The summed E-state index contributed by atoms with van der Waals surface area (Å²) >= 11 is 0. The lowest BCUT2D eigenvalue weighted by Gasteiger charge is -2.03. The highest BCUT2D eigenvalue weighted by Crippen LogP contribution is 2.19. The Balaban J connectivity index is 0.000000606. The van der Waals surface area contributed by atoms with Crippen LogP contribution in [-0.4, -0.2) is 16.2 Å². The van der Waals surface area contributed by atoms with Gasteiger partial charge in [0.15, 0.2) is 0 Å². The first-order valence-corrected chi connectivity index (χ1v) is 6.40. The summed E-state index contributed by atoms with van der Waals surface area (Å²) in [6.07, 6.45) is 3.48. The van der Waals surface area contributed by atoms with Crippen LogP contribution in [0.15, 0.2) is 41.6 Å². The molecule has 1 aromatic carbocycles. The summed E-state index contributed by atoms with van der Waals surface area (Å²) in [5.41, 5.74) is 0. The first-order chi connectivity index (χ1) is 7.83. The van der Waals surface area contributed by atoms with Crippen molar-refractivity contribution in [3.05, 3.63) is 36.7 Å². The van der Waals surface area contributed by atoms with Crippen LogP contribution in [0.5, 0.6) is 0 Å². The Bertz CT molecular complexity index is 480. The Morgan fingerprint density at radius 1 is 1.25 bits per heavy atom. The number of hydrogen-bond acceptors (Lipinski definition) is 2. The molecule has 0 aliphatic heterocycles. The summed E-state index contributed by atoms with van der Waals surface area (Å²) in [5, 5.41) is 1.99. The Hall–Kier alpha value is -1.26. The normalized spacial score (nSPS) is 11.7. The molecule has 0 fully saturated rings. The van der Waals surface area contributed by atoms with E-state index in [1.807, 2.05) is 38.1 Å². The molecule has 1 unspecified atom stereocenters. The second-order valence-electron chi connectivity index (χ2n) is 2.83. The van der Waals surface area contributed by atoms with E-state index in [4.69, 9.17) is 0 Å². The average molecular weight is 236 g/mol. The molecule has 2 rings (SSSR count). The van der Waals surface area contributed by atoms with Crippen LogP contribution in [-0.2, 0) is 11.0 Å². The monoisotopic (exact) mass is 236 g/mol. The van der Waals surface area contributed by atoms with Crippen LogP contribution in [0.4, 0.5) is 0 Å². The largest absolute Gasteiger partial charge is 0.264 e. The summed E-state index contributed by atoms with van der Waals surface area (Å²) in [5.74, 6) is 0. The number of aromatic nitrogens is 1. The highest BCUT2D eigenvalue weighted by molar-refractivity contribution is 7.83. The second kappa shape index (κ2) is 6.35. The molecule has 3 nitrogen and oxygen atoms in total. The topological polar surface area (TPSA) is 42.0 Å². The van der Waals surface area contributed by atoms with Crippen LogP contribution < -0.4 is 4.72 Å². The van der Waals surface area contributed by atoms with Gasteiger partial charge in [-0.05, 0) is 19.2 Å². The third kappa shape index (κ3) is 2.65. The van der Waals surface area contributed by atoms with Crippen LogP contribution >= 0.6 is 0 Å². The van der Waals surface area contributed by atoms with E-state index in [0.717, 1.165) is 15.7 Å². The molecular formula is C12H16N2OS. The van der Waals surface area contributed by atoms with Crippen molar-refractivity contribution in [1.82, 2.24) is 9.71 Å². The van der Waals surface area contributed by atoms with Crippen molar-refractivity contribution in [1.29, 1.82) is 0 Å². The van der Waals surface area contributed by atoms with Crippen LogP contribution in [0, 0.1) is 0 Å². The minimum absolute atomic E-state index is 0.799. The van der Waals surface area contributed by atoms with Gasteiger partial charge < -0.3 is 0 Å². The number of nitrogens with zero attached hydrogens (tertiary/aromatic N) is 1. The summed E-state index contributed by atoms with van der Waals surface area (Å²) in [6.45, 7) is 4.00. The minimum atomic E-state index is -1.14. The van der Waals surface area contributed by atoms with Gasteiger partial charge in [0.2, 0.25) is 0 Å². The van der Waals surface area contributed by atoms with Gasteiger partial charge in [-0.25, -0.2) is 8.93 Å². The van der Waals surface area contributed by atoms with Gasteiger partial charge >= 0.3 is 0 Å². The average Bonchev–Trinajstić information content (AvgIpc) is 2.39. The summed E-state index contributed by atoms with van der Waals surface area (Å²) in [4.78, 5) is 4.82. The first-order valence-electron chi connectivity index (χ1n) is 5.25. The van der Waals surface area contributed by atoms with Crippen molar-refractivity contribution >= 4 is 21.8 Å². The van der Waals surface area contributed by atoms with Crippen molar-refractivity contribution < 1.29 is 4.21 Å². The summed E-state index contributed by atoms with van der Waals surface area (Å²) in [6, 6.07) is 7.57. The zero-order valence-corrected chi connectivity index (χ0v) is 10.5. The van der Waals surface area contributed by atoms with Crippen LogP contribution in [0.1, 0.15) is 13.8 Å². The van der Waals surface area contributed by atoms with Crippen molar-refractivity contribution in [2.45, 2.75) is 18.7 Å². The first kappa shape index (κ1) is 12.8. The van der Waals surface area contributed by atoms with Crippen molar-refractivity contribution in [3.8, 4) is 0 Å². The maximum absolute atomic E-state index is 11.6. The fourth-order valence-electron chi connectivity index (χ4n) is 1.36. The molecule has 0 aliphatic carbocycles. The molecule has 0 amide bonds. The molecule has 1 heterocycles. The standard InChI is InChI=1S/C10H10N2OS.C2H6/c1-11-14(13)10-4-2-3-8-7-12-6-5-9(8)10;1-2/h2-7,11H,1H3;1-2H3. The molecule has 0 radical (unpaired) electrons. The van der Waals surface area contributed by atoms with Crippen LogP contribution in [0.2, 0.25) is 0 Å². The minimum Gasteiger partial charge on any atom is -0.264 e. The maximum Gasteiger partial charge on any atom is 0.125 e. The highest BCUT2D eigenvalue weighted by atomic mass is 32.2. The van der Waals surface area contributed by atoms with Gasteiger partial charge in [0.25, 0.3) is 0 Å². The van der Waals surface area contributed by atoms with E-state index in [2.05, 4.69) is 9.71 Å². The van der Waals surface area contributed by atoms with Crippen molar-refractivity contribution in [2.75, 3.05) is 7.05 Å². The fourth-order valence-corrected chi connectivity index (χ4v) is 2.17. The van der Waals surface area contributed by atoms with Gasteiger partial charge in [-0.3, -0.25) is 4.98 Å². The molecule has 0 bridgehead atoms. The Morgan fingerprint density at radius 2 is 2.00 bits per heavy atom. The van der Waals surface area contributed by atoms with Gasteiger partial charge in [-0.2, -0.15) is 0 Å². The predicted molar refractivity (Wildman–Crippen MR) is 68.6 cm³/mol. The van der Waals surface area contributed by atoms with Crippen molar-refractivity contribution in [2.24, 2.45) is 0 Å². The Morgan fingerprint density at radius 3 is 2.69 bits per heavy atom. The summed E-state index contributed by atoms with van der Waals surface area (Å²) in [7, 11) is 0.534. The van der Waals surface area contributed by atoms with Crippen LogP contribution in [0.3, 0.4) is 0 Å². The van der Waals surface area contributed by atoms with Gasteiger partial charge in [0.05, 0.1) is 4.90 Å². The molecule has 4 heteroatoms. The SMILES string of the molecule is CC.CNS(=O)c1cccc2cnccc12. The third-order valence-electron chi connectivity index (χ3n) is 2.03. The lowest BCUT2D eigenvalue weighted by Crippen LogP contribution is -2.10. The van der Waals surface area contributed by atoms with Crippen molar-refractivity contribution in [3.63, 3.8) is 0 Å². The molecule has 0 saturated carbocycles. The smallest absolute Gasteiger partial charge is 0.125 e. The highest BCUT2D eigenvalue weighted by Gasteiger charge is 2.05. The number of hydrogen-bond donors (Lipinski definition) is 1. The number of pyridine rings is 1. The van der Waals surface area contributed by atoms with E-state index in [1.54, 1.807) is 19.4 Å².